The van der Waals surface area contributed by atoms with E-state index in [2.05, 4.69) is 31.9 Å². The molecule has 2 rings (SSSR count). The van der Waals surface area contributed by atoms with Crippen molar-refractivity contribution >= 4 is 54.9 Å². The van der Waals surface area contributed by atoms with Gasteiger partial charge in [0, 0.05) is 25.8 Å². The van der Waals surface area contributed by atoms with Crippen molar-refractivity contribution in [3.8, 4) is 0 Å². The molecule has 0 unspecified atom stereocenters. The molecule has 0 bridgehead atoms. The molecule has 0 saturated heterocycles. The van der Waals surface area contributed by atoms with Crippen molar-refractivity contribution in [2.45, 2.75) is 6.92 Å². The molecule has 0 amide bonds. The highest BCUT2D eigenvalue weighted by atomic mass is 79.9. The van der Waals surface area contributed by atoms with Crippen molar-refractivity contribution in [3.63, 3.8) is 0 Å². The number of hydrogen-bond donors (Lipinski definition) is 1. The topological polar surface area (TPSA) is 43.1 Å². The maximum absolute atomic E-state index is 12.5. The van der Waals surface area contributed by atoms with Crippen LogP contribution in [-0.2, 0) is 0 Å². The monoisotopic (exact) mass is 401 g/mol. The Labute approximate surface area is 133 Å². The number of nitrogen functional groups attached to an aromatic ring is 1. The maximum Gasteiger partial charge on any atom is 0.195 e. The molecule has 0 heterocycles. The van der Waals surface area contributed by atoms with Crippen LogP contribution in [0.2, 0.25) is 5.02 Å². The summed E-state index contributed by atoms with van der Waals surface area (Å²) >= 11 is 12.9. The lowest BCUT2D eigenvalue weighted by molar-refractivity contribution is 0.103. The third kappa shape index (κ3) is 3.02. The lowest BCUT2D eigenvalue weighted by Gasteiger charge is -2.09. The number of aryl methyl sites for hydroxylation is 1. The van der Waals surface area contributed by atoms with Crippen LogP contribution >= 0.6 is 43.5 Å². The second kappa shape index (κ2) is 5.65. The van der Waals surface area contributed by atoms with Gasteiger partial charge in [0.15, 0.2) is 5.78 Å². The molecule has 0 aliphatic heterocycles. The molecule has 0 aromatic heterocycles. The Morgan fingerprint density at radius 1 is 1.11 bits per heavy atom. The summed E-state index contributed by atoms with van der Waals surface area (Å²) in [6, 6.07) is 8.55. The van der Waals surface area contributed by atoms with Gasteiger partial charge in [-0.25, -0.2) is 0 Å². The van der Waals surface area contributed by atoms with Crippen LogP contribution in [0.4, 0.5) is 5.69 Å². The van der Waals surface area contributed by atoms with Gasteiger partial charge in [-0.05, 0) is 42.8 Å². The molecule has 2 aromatic carbocycles. The largest absolute Gasteiger partial charge is 0.399 e. The summed E-state index contributed by atoms with van der Waals surface area (Å²) in [5, 5.41) is 0.355. The van der Waals surface area contributed by atoms with Crippen LogP contribution in [0.5, 0.6) is 0 Å². The van der Waals surface area contributed by atoms with Crippen LogP contribution < -0.4 is 5.73 Å². The number of hydrogen-bond acceptors (Lipinski definition) is 2. The molecule has 5 heteroatoms. The van der Waals surface area contributed by atoms with Crippen LogP contribution in [-0.4, -0.2) is 5.78 Å². The molecule has 0 aliphatic rings. The molecule has 98 valence electrons. The van der Waals surface area contributed by atoms with E-state index in [-0.39, 0.29) is 5.78 Å². The Bertz CT molecular complexity index is 671. The molecular weight excluding hydrogens is 393 g/mol. The third-order valence-electron chi connectivity index (χ3n) is 2.73. The minimum Gasteiger partial charge on any atom is -0.399 e. The number of nitrogens with two attached hydrogens (primary N) is 1. The van der Waals surface area contributed by atoms with E-state index in [0.29, 0.717) is 21.8 Å². The van der Waals surface area contributed by atoms with E-state index in [1.54, 1.807) is 24.3 Å². The number of rotatable bonds is 2. The van der Waals surface area contributed by atoms with Gasteiger partial charge < -0.3 is 5.73 Å². The summed E-state index contributed by atoms with van der Waals surface area (Å²) in [7, 11) is 0. The first-order chi connectivity index (χ1) is 8.90. The fourth-order valence-corrected chi connectivity index (χ4v) is 2.94. The number of carbonyl (C=O) groups excluding carboxylic acids is 1. The van der Waals surface area contributed by atoms with Crippen molar-refractivity contribution in [2.75, 3.05) is 5.73 Å². The zero-order valence-corrected chi connectivity index (χ0v) is 13.9. The fraction of sp³-hybridized carbons (Fsp3) is 0.0714. The number of ketones is 1. The molecule has 2 aromatic rings. The molecule has 0 aliphatic carbocycles. The molecule has 0 radical (unpaired) electrons. The minimum atomic E-state index is -0.141. The summed E-state index contributed by atoms with van der Waals surface area (Å²) in [4.78, 5) is 12.5. The van der Waals surface area contributed by atoms with Crippen LogP contribution in [0.1, 0.15) is 21.5 Å². The summed E-state index contributed by atoms with van der Waals surface area (Å²) < 4.78 is 1.62. The van der Waals surface area contributed by atoms with Gasteiger partial charge in [-0.1, -0.05) is 43.5 Å². The number of benzene rings is 2. The molecule has 0 fully saturated rings. The maximum atomic E-state index is 12.5. The van der Waals surface area contributed by atoms with Crippen LogP contribution in [0.25, 0.3) is 0 Å². The van der Waals surface area contributed by atoms with E-state index in [9.17, 15) is 4.79 Å². The Balaban J connectivity index is 2.53. The molecule has 0 atom stereocenters. The molecule has 2 nitrogen and oxygen atoms in total. The van der Waals surface area contributed by atoms with Crippen LogP contribution in [0.15, 0.2) is 39.3 Å². The van der Waals surface area contributed by atoms with E-state index in [1.165, 1.54) is 0 Å². The first kappa shape index (κ1) is 14.6. The van der Waals surface area contributed by atoms with Gasteiger partial charge in [0.1, 0.15) is 0 Å². The van der Waals surface area contributed by atoms with Gasteiger partial charge in [0.2, 0.25) is 0 Å². The molecule has 0 saturated carbocycles. The van der Waals surface area contributed by atoms with Gasteiger partial charge in [-0.2, -0.15) is 0 Å². The van der Waals surface area contributed by atoms with Crippen molar-refractivity contribution in [3.05, 3.63) is 61.0 Å². The first-order valence-electron chi connectivity index (χ1n) is 5.45. The van der Waals surface area contributed by atoms with E-state index >= 15 is 0 Å². The standard InChI is InChI=1S/C14H10Br2ClNO/c1-7-4-12(16)10(6-11(7)15)14(19)9-3-2-8(18)5-13(9)17/h2-6H,18H2,1H3. The van der Waals surface area contributed by atoms with Gasteiger partial charge >= 0.3 is 0 Å². The highest BCUT2D eigenvalue weighted by Crippen LogP contribution is 2.29. The molecule has 2 N–H and O–H groups in total. The average Bonchev–Trinajstić information content (AvgIpc) is 2.33. The highest BCUT2D eigenvalue weighted by Gasteiger charge is 2.17. The normalized spacial score (nSPS) is 10.5. The van der Waals surface area contributed by atoms with E-state index in [1.807, 2.05) is 13.0 Å². The summed E-state index contributed by atoms with van der Waals surface area (Å²) in [5.74, 6) is -0.141. The van der Waals surface area contributed by atoms with Crippen molar-refractivity contribution in [2.24, 2.45) is 0 Å². The van der Waals surface area contributed by atoms with Gasteiger partial charge in [-0.3, -0.25) is 4.79 Å². The van der Waals surface area contributed by atoms with E-state index in [0.717, 1.165) is 14.5 Å². The SMILES string of the molecule is Cc1cc(Br)c(C(=O)c2ccc(N)cc2Cl)cc1Br. The van der Waals surface area contributed by atoms with E-state index in [4.69, 9.17) is 17.3 Å². The Morgan fingerprint density at radius 2 is 1.79 bits per heavy atom. The lowest BCUT2D eigenvalue weighted by atomic mass is 10.0. The van der Waals surface area contributed by atoms with Crippen molar-refractivity contribution in [1.29, 1.82) is 0 Å². The molecule has 19 heavy (non-hydrogen) atoms. The third-order valence-corrected chi connectivity index (χ3v) is 4.55. The number of anilines is 1. The van der Waals surface area contributed by atoms with Crippen molar-refractivity contribution < 1.29 is 4.79 Å². The van der Waals surface area contributed by atoms with Crippen LogP contribution in [0.3, 0.4) is 0 Å². The number of carbonyl (C=O) groups is 1. The smallest absolute Gasteiger partial charge is 0.195 e. The summed E-state index contributed by atoms with van der Waals surface area (Å²) in [6.07, 6.45) is 0. The summed E-state index contributed by atoms with van der Waals surface area (Å²) in [6.45, 7) is 1.96. The first-order valence-corrected chi connectivity index (χ1v) is 7.42. The quantitative estimate of drug-likeness (QED) is 0.567. The fourth-order valence-electron chi connectivity index (χ4n) is 1.68. The van der Waals surface area contributed by atoms with Gasteiger partial charge in [0.25, 0.3) is 0 Å². The zero-order valence-electron chi connectivity index (χ0n) is 10.0. The Morgan fingerprint density at radius 3 is 2.42 bits per heavy atom. The predicted molar refractivity (Wildman–Crippen MR) is 85.9 cm³/mol. The highest BCUT2D eigenvalue weighted by molar-refractivity contribution is 9.11. The predicted octanol–water partition coefficient (Wildman–Crippen LogP) is 4.99. The Hall–Kier alpha value is -0.840. The molecular formula is C14H10Br2ClNO. The van der Waals surface area contributed by atoms with E-state index < -0.39 is 0 Å². The zero-order chi connectivity index (χ0) is 14.2. The Kier molecular flexibility index (Phi) is 4.33. The average molecular weight is 404 g/mol. The van der Waals surface area contributed by atoms with Crippen LogP contribution in [0, 0.1) is 6.92 Å². The number of halogens is 3. The minimum absolute atomic E-state index is 0.141. The lowest BCUT2D eigenvalue weighted by Crippen LogP contribution is -2.04. The van der Waals surface area contributed by atoms with Gasteiger partial charge in [0.05, 0.1) is 5.02 Å². The van der Waals surface area contributed by atoms with Gasteiger partial charge in [-0.15, -0.1) is 0 Å². The second-order valence-corrected chi connectivity index (χ2v) is 6.27. The second-order valence-electron chi connectivity index (χ2n) is 4.15. The molecule has 0 spiro atoms. The summed E-state index contributed by atoms with van der Waals surface area (Å²) in [5.41, 5.74) is 8.21. The van der Waals surface area contributed by atoms with Crippen molar-refractivity contribution in [1.82, 2.24) is 0 Å².